The molecule has 0 spiro atoms. The Kier molecular flexibility index (Phi) is 5.22. The number of nitrogens with two attached hydrogens (primary N) is 1. The molecule has 1 aliphatic rings. The Morgan fingerprint density at radius 3 is 2.62 bits per heavy atom. The fraction of sp³-hybridized carbons (Fsp3) is 0.294. The van der Waals surface area contributed by atoms with Crippen molar-refractivity contribution < 1.29 is 13.9 Å². The number of rotatable bonds is 4. The minimum atomic E-state index is -0.304. The van der Waals surface area contributed by atoms with Crippen molar-refractivity contribution >= 4 is 5.96 Å². The van der Waals surface area contributed by atoms with E-state index < -0.39 is 0 Å². The Labute approximate surface area is 139 Å². The maximum Gasteiger partial charge on any atom is 0.219 e. The van der Waals surface area contributed by atoms with Crippen molar-refractivity contribution in [2.24, 2.45) is 10.7 Å². The molecule has 7 heteroatoms. The van der Waals surface area contributed by atoms with Crippen molar-refractivity contribution in [1.29, 1.82) is 0 Å². The van der Waals surface area contributed by atoms with Crippen molar-refractivity contribution in [3.8, 4) is 11.6 Å². The zero-order chi connectivity index (χ0) is 16.8. The standard InChI is InChI=1S/C17H19FN4O2/c18-14-2-4-15(5-3-14)24-16-6-1-13(11-20-16)12-21-17(19)22-7-9-23-10-8-22/h1-6,11H,7-10,12H2,(H2,19,21). The Morgan fingerprint density at radius 2 is 1.96 bits per heavy atom. The molecule has 0 unspecified atom stereocenters. The third-order valence-corrected chi connectivity index (χ3v) is 3.59. The topological polar surface area (TPSA) is 73.0 Å². The molecule has 0 amide bonds. The Balaban J connectivity index is 1.56. The largest absolute Gasteiger partial charge is 0.439 e. The van der Waals surface area contributed by atoms with Gasteiger partial charge in [-0.2, -0.15) is 0 Å². The van der Waals surface area contributed by atoms with E-state index in [1.807, 2.05) is 11.0 Å². The van der Waals surface area contributed by atoms with Gasteiger partial charge in [0.1, 0.15) is 11.6 Å². The first-order valence-electron chi connectivity index (χ1n) is 7.72. The first kappa shape index (κ1) is 16.2. The second-order valence-electron chi connectivity index (χ2n) is 5.33. The van der Waals surface area contributed by atoms with Crippen molar-refractivity contribution in [1.82, 2.24) is 9.88 Å². The van der Waals surface area contributed by atoms with Crippen LogP contribution in [0, 0.1) is 5.82 Å². The summed E-state index contributed by atoms with van der Waals surface area (Å²) in [5.74, 6) is 1.19. The molecule has 1 aromatic heterocycles. The van der Waals surface area contributed by atoms with Gasteiger partial charge < -0.3 is 20.1 Å². The summed E-state index contributed by atoms with van der Waals surface area (Å²) in [6.45, 7) is 3.32. The van der Waals surface area contributed by atoms with Crippen LogP contribution in [0.15, 0.2) is 47.6 Å². The summed E-state index contributed by atoms with van der Waals surface area (Å²) in [6.07, 6.45) is 1.69. The molecule has 0 aliphatic carbocycles. The van der Waals surface area contributed by atoms with E-state index in [-0.39, 0.29) is 5.82 Å². The lowest BCUT2D eigenvalue weighted by molar-refractivity contribution is 0.0674. The number of nitrogens with zero attached hydrogens (tertiary/aromatic N) is 3. The van der Waals surface area contributed by atoms with Crippen molar-refractivity contribution in [2.75, 3.05) is 26.3 Å². The van der Waals surface area contributed by atoms with Gasteiger partial charge in [-0.25, -0.2) is 14.4 Å². The van der Waals surface area contributed by atoms with Crippen LogP contribution >= 0.6 is 0 Å². The van der Waals surface area contributed by atoms with Crippen molar-refractivity contribution in [2.45, 2.75) is 6.54 Å². The molecule has 1 aromatic carbocycles. The summed E-state index contributed by atoms with van der Waals surface area (Å²) >= 11 is 0. The summed E-state index contributed by atoms with van der Waals surface area (Å²) < 4.78 is 23.7. The lowest BCUT2D eigenvalue weighted by Crippen LogP contribution is -2.44. The smallest absolute Gasteiger partial charge is 0.219 e. The molecule has 1 aliphatic heterocycles. The molecule has 0 radical (unpaired) electrons. The average molecular weight is 330 g/mol. The monoisotopic (exact) mass is 330 g/mol. The number of hydrogen-bond donors (Lipinski definition) is 1. The van der Waals surface area contributed by atoms with Crippen LogP contribution in [-0.4, -0.2) is 42.1 Å². The van der Waals surface area contributed by atoms with Gasteiger partial charge in [0.2, 0.25) is 5.88 Å². The van der Waals surface area contributed by atoms with Crippen LogP contribution in [0.4, 0.5) is 4.39 Å². The van der Waals surface area contributed by atoms with Crippen LogP contribution in [0.3, 0.4) is 0 Å². The third kappa shape index (κ3) is 4.42. The third-order valence-electron chi connectivity index (χ3n) is 3.59. The molecule has 1 fully saturated rings. The molecule has 0 bridgehead atoms. The van der Waals surface area contributed by atoms with Gasteiger partial charge in [-0.15, -0.1) is 0 Å². The zero-order valence-corrected chi connectivity index (χ0v) is 13.2. The van der Waals surface area contributed by atoms with Gasteiger partial charge >= 0.3 is 0 Å². The number of aliphatic imine (C=N–C) groups is 1. The highest BCUT2D eigenvalue weighted by molar-refractivity contribution is 5.78. The minimum absolute atomic E-state index is 0.304. The van der Waals surface area contributed by atoms with Crippen LogP contribution in [0.5, 0.6) is 11.6 Å². The summed E-state index contributed by atoms with van der Waals surface area (Å²) in [5, 5.41) is 0. The van der Waals surface area contributed by atoms with Gasteiger partial charge in [-0.1, -0.05) is 6.07 Å². The number of guanidine groups is 1. The number of ether oxygens (including phenoxy) is 2. The zero-order valence-electron chi connectivity index (χ0n) is 13.2. The van der Waals surface area contributed by atoms with Gasteiger partial charge in [-0.3, -0.25) is 0 Å². The summed E-state index contributed by atoms with van der Waals surface area (Å²) in [7, 11) is 0. The van der Waals surface area contributed by atoms with E-state index in [1.165, 1.54) is 12.1 Å². The SMILES string of the molecule is NC(=NCc1ccc(Oc2ccc(F)cc2)nc1)N1CCOCC1. The first-order valence-corrected chi connectivity index (χ1v) is 7.72. The van der Waals surface area contributed by atoms with Crippen LogP contribution in [0.25, 0.3) is 0 Å². The number of pyridine rings is 1. The molecule has 24 heavy (non-hydrogen) atoms. The minimum Gasteiger partial charge on any atom is -0.439 e. The van der Waals surface area contributed by atoms with E-state index in [9.17, 15) is 4.39 Å². The molecule has 1 saturated heterocycles. The van der Waals surface area contributed by atoms with E-state index in [0.717, 1.165) is 18.7 Å². The molecule has 3 rings (SSSR count). The lowest BCUT2D eigenvalue weighted by Gasteiger charge is -2.27. The maximum atomic E-state index is 12.9. The van der Waals surface area contributed by atoms with Gasteiger partial charge in [0.25, 0.3) is 0 Å². The van der Waals surface area contributed by atoms with E-state index in [0.29, 0.717) is 37.3 Å². The fourth-order valence-electron chi connectivity index (χ4n) is 2.25. The summed E-state index contributed by atoms with van der Waals surface area (Å²) in [6, 6.07) is 9.41. The van der Waals surface area contributed by atoms with Crippen LogP contribution < -0.4 is 10.5 Å². The van der Waals surface area contributed by atoms with Crippen molar-refractivity contribution in [3.63, 3.8) is 0 Å². The molecule has 2 aromatic rings. The molecule has 6 nitrogen and oxygen atoms in total. The van der Waals surface area contributed by atoms with Crippen molar-refractivity contribution in [3.05, 3.63) is 54.0 Å². The van der Waals surface area contributed by atoms with Gasteiger partial charge in [0.15, 0.2) is 5.96 Å². The lowest BCUT2D eigenvalue weighted by atomic mass is 10.3. The quantitative estimate of drug-likeness (QED) is 0.687. The highest BCUT2D eigenvalue weighted by Gasteiger charge is 2.11. The second-order valence-corrected chi connectivity index (χ2v) is 5.33. The molecular weight excluding hydrogens is 311 g/mol. The van der Waals surface area contributed by atoms with Gasteiger partial charge in [-0.05, 0) is 29.8 Å². The Morgan fingerprint density at radius 1 is 1.21 bits per heavy atom. The van der Waals surface area contributed by atoms with E-state index in [2.05, 4.69) is 9.98 Å². The van der Waals surface area contributed by atoms with E-state index >= 15 is 0 Å². The fourth-order valence-corrected chi connectivity index (χ4v) is 2.25. The number of benzene rings is 1. The second kappa shape index (κ2) is 7.74. The molecule has 2 N–H and O–H groups in total. The molecule has 126 valence electrons. The number of hydrogen-bond acceptors (Lipinski definition) is 4. The molecular formula is C17H19FN4O2. The van der Waals surface area contributed by atoms with Crippen LogP contribution in [0.2, 0.25) is 0 Å². The van der Waals surface area contributed by atoms with Crippen LogP contribution in [-0.2, 0) is 11.3 Å². The van der Waals surface area contributed by atoms with E-state index in [4.69, 9.17) is 15.2 Å². The highest BCUT2D eigenvalue weighted by Crippen LogP contribution is 2.19. The van der Waals surface area contributed by atoms with E-state index in [1.54, 1.807) is 24.4 Å². The maximum absolute atomic E-state index is 12.9. The van der Waals surface area contributed by atoms with Crippen LogP contribution in [0.1, 0.15) is 5.56 Å². The molecule has 0 atom stereocenters. The Bertz CT molecular complexity index is 683. The first-order chi connectivity index (χ1) is 11.7. The number of morpholine rings is 1. The van der Waals surface area contributed by atoms with Gasteiger partial charge in [0, 0.05) is 25.4 Å². The Hall–Kier alpha value is -2.67. The normalized spacial score (nSPS) is 15.4. The predicted octanol–water partition coefficient (Wildman–Crippen LogP) is 2.16. The summed E-state index contributed by atoms with van der Waals surface area (Å²) in [4.78, 5) is 10.6. The number of halogens is 1. The number of aromatic nitrogens is 1. The molecule has 2 heterocycles. The van der Waals surface area contributed by atoms with Gasteiger partial charge in [0.05, 0.1) is 19.8 Å². The predicted molar refractivity (Wildman–Crippen MR) is 88.4 cm³/mol. The average Bonchev–Trinajstić information content (AvgIpc) is 2.63. The molecule has 0 saturated carbocycles. The highest BCUT2D eigenvalue weighted by atomic mass is 19.1. The summed E-state index contributed by atoms with van der Waals surface area (Å²) in [5.41, 5.74) is 6.91.